The third kappa shape index (κ3) is 2.56. The van der Waals surface area contributed by atoms with Gasteiger partial charge in [-0.05, 0) is 15.9 Å². The van der Waals surface area contributed by atoms with Crippen LogP contribution in [0.4, 0.5) is 24.7 Å². The topological polar surface area (TPSA) is 37.8 Å². The fraction of sp³-hybridized carbons (Fsp3) is 0. The van der Waals surface area contributed by atoms with Crippen LogP contribution in [0.1, 0.15) is 0 Å². The lowest BCUT2D eigenvalue weighted by Crippen LogP contribution is -2.00. The van der Waals surface area contributed by atoms with Crippen LogP contribution in [0.15, 0.2) is 22.9 Å². The van der Waals surface area contributed by atoms with Gasteiger partial charge in [-0.25, -0.2) is 23.1 Å². The molecule has 1 heterocycles. The zero-order valence-electron chi connectivity index (χ0n) is 8.52. The number of halogens is 5. The molecule has 0 aliphatic carbocycles. The largest absolute Gasteiger partial charge is 0.337 e. The molecule has 0 aliphatic heterocycles. The molecule has 3 nitrogen and oxygen atoms in total. The second-order valence-corrected chi connectivity index (χ2v) is 4.35. The molecule has 0 bridgehead atoms. The number of hydrogen-bond donors (Lipinski definition) is 1. The standard InChI is InChI=1S/C10H4BrClF3N3/c11-8-9(12)16-3-17-10(8)18-7-2-5(14)4(13)1-6(7)15/h1-3H,(H,16,17,18). The number of benzene rings is 1. The number of nitrogens with one attached hydrogen (secondary N) is 1. The Hall–Kier alpha value is -1.34. The monoisotopic (exact) mass is 337 g/mol. The first kappa shape index (κ1) is 13.1. The maximum Gasteiger partial charge on any atom is 0.161 e. The average Bonchev–Trinajstić information content (AvgIpc) is 2.32. The van der Waals surface area contributed by atoms with Crippen LogP contribution in [0.3, 0.4) is 0 Å². The van der Waals surface area contributed by atoms with Gasteiger partial charge in [0, 0.05) is 12.1 Å². The Morgan fingerprint density at radius 2 is 1.72 bits per heavy atom. The fourth-order valence-electron chi connectivity index (χ4n) is 1.18. The molecule has 0 saturated carbocycles. The van der Waals surface area contributed by atoms with E-state index >= 15 is 0 Å². The van der Waals surface area contributed by atoms with Crippen molar-refractivity contribution in [2.45, 2.75) is 0 Å². The molecule has 0 aliphatic rings. The molecule has 18 heavy (non-hydrogen) atoms. The lowest BCUT2D eigenvalue weighted by molar-refractivity contribution is 0.496. The molecular weight excluding hydrogens is 334 g/mol. The predicted octanol–water partition coefficient (Wildman–Crippen LogP) is 4.05. The van der Waals surface area contributed by atoms with Crippen molar-refractivity contribution in [1.82, 2.24) is 9.97 Å². The molecule has 2 rings (SSSR count). The van der Waals surface area contributed by atoms with E-state index in [-0.39, 0.29) is 21.1 Å². The van der Waals surface area contributed by atoms with Crippen LogP contribution in [0.25, 0.3) is 0 Å². The van der Waals surface area contributed by atoms with Gasteiger partial charge in [0.1, 0.15) is 23.1 Å². The Labute approximate surface area is 113 Å². The molecule has 0 fully saturated rings. The number of hydrogen-bond acceptors (Lipinski definition) is 3. The SMILES string of the molecule is Fc1cc(F)c(Nc2ncnc(Cl)c2Br)cc1F. The summed E-state index contributed by atoms with van der Waals surface area (Å²) in [5, 5.41) is 2.59. The Balaban J connectivity index is 2.40. The molecule has 94 valence electrons. The molecule has 0 saturated heterocycles. The van der Waals surface area contributed by atoms with E-state index in [2.05, 4.69) is 31.2 Å². The van der Waals surface area contributed by atoms with Crippen molar-refractivity contribution in [3.63, 3.8) is 0 Å². The van der Waals surface area contributed by atoms with Gasteiger partial charge in [0.25, 0.3) is 0 Å². The van der Waals surface area contributed by atoms with Crippen molar-refractivity contribution in [1.29, 1.82) is 0 Å². The van der Waals surface area contributed by atoms with Crippen molar-refractivity contribution in [3.8, 4) is 0 Å². The predicted molar refractivity (Wildman–Crippen MR) is 64.3 cm³/mol. The smallest absolute Gasteiger partial charge is 0.161 e. The van der Waals surface area contributed by atoms with Gasteiger partial charge in [-0.1, -0.05) is 11.6 Å². The highest BCUT2D eigenvalue weighted by Gasteiger charge is 2.13. The zero-order chi connectivity index (χ0) is 13.3. The summed E-state index contributed by atoms with van der Waals surface area (Å²) in [5.74, 6) is -3.25. The van der Waals surface area contributed by atoms with E-state index in [4.69, 9.17) is 11.6 Å². The molecule has 1 aromatic carbocycles. The van der Waals surface area contributed by atoms with E-state index in [1.807, 2.05) is 0 Å². The minimum absolute atomic E-state index is 0.107. The van der Waals surface area contributed by atoms with E-state index in [0.29, 0.717) is 12.1 Å². The molecule has 1 aromatic heterocycles. The zero-order valence-corrected chi connectivity index (χ0v) is 10.9. The van der Waals surface area contributed by atoms with Crippen LogP contribution in [-0.2, 0) is 0 Å². The van der Waals surface area contributed by atoms with Gasteiger partial charge in [0.15, 0.2) is 11.6 Å². The highest BCUT2D eigenvalue weighted by atomic mass is 79.9. The maximum atomic E-state index is 13.4. The second kappa shape index (κ2) is 5.11. The summed E-state index contributed by atoms with van der Waals surface area (Å²) >= 11 is 8.80. The van der Waals surface area contributed by atoms with E-state index in [9.17, 15) is 13.2 Å². The molecular formula is C10H4BrClF3N3. The summed E-state index contributed by atoms with van der Waals surface area (Å²) in [6.07, 6.45) is 1.15. The van der Waals surface area contributed by atoms with E-state index in [0.717, 1.165) is 6.33 Å². The van der Waals surface area contributed by atoms with Gasteiger partial charge in [0.05, 0.1) is 10.2 Å². The van der Waals surface area contributed by atoms with Crippen LogP contribution in [0.5, 0.6) is 0 Å². The maximum absolute atomic E-state index is 13.4. The van der Waals surface area contributed by atoms with E-state index < -0.39 is 17.5 Å². The molecule has 0 amide bonds. The Kier molecular flexibility index (Phi) is 3.72. The van der Waals surface area contributed by atoms with Crippen LogP contribution >= 0.6 is 27.5 Å². The van der Waals surface area contributed by atoms with E-state index in [1.165, 1.54) is 0 Å². The third-order valence-corrected chi connectivity index (χ3v) is 3.28. The third-order valence-electron chi connectivity index (χ3n) is 2.01. The molecule has 8 heteroatoms. The van der Waals surface area contributed by atoms with Crippen molar-refractivity contribution < 1.29 is 13.2 Å². The summed E-state index contributed by atoms with van der Waals surface area (Å²) in [6, 6.07) is 1.13. The van der Waals surface area contributed by atoms with Crippen molar-refractivity contribution >= 4 is 39.0 Å². The fourth-order valence-corrected chi connectivity index (χ4v) is 1.62. The van der Waals surface area contributed by atoms with Crippen LogP contribution in [-0.4, -0.2) is 9.97 Å². The molecule has 1 N–H and O–H groups in total. The Morgan fingerprint density at radius 1 is 1.06 bits per heavy atom. The summed E-state index contributed by atoms with van der Waals surface area (Å²) in [6.45, 7) is 0. The molecule has 0 atom stereocenters. The first-order chi connectivity index (χ1) is 8.49. The Morgan fingerprint density at radius 3 is 2.44 bits per heavy atom. The van der Waals surface area contributed by atoms with Gasteiger partial charge in [0.2, 0.25) is 0 Å². The van der Waals surface area contributed by atoms with Gasteiger partial charge >= 0.3 is 0 Å². The van der Waals surface area contributed by atoms with Crippen LogP contribution < -0.4 is 5.32 Å². The van der Waals surface area contributed by atoms with Crippen LogP contribution in [0.2, 0.25) is 5.15 Å². The van der Waals surface area contributed by atoms with Crippen molar-refractivity contribution in [2.75, 3.05) is 5.32 Å². The summed E-state index contributed by atoms with van der Waals surface area (Å²) in [5.41, 5.74) is -0.260. The molecule has 0 spiro atoms. The normalized spacial score (nSPS) is 10.5. The summed E-state index contributed by atoms with van der Waals surface area (Å²) in [4.78, 5) is 7.47. The van der Waals surface area contributed by atoms with Crippen molar-refractivity contribution in [3.05, 3.63) is 45.5 Å². The molecule has 0 unspecified atom stereocenters. The molecule has 0 radical (unpaired) electrons. The molecule has 2 aromatic rings. The number of nitrogens with zero attached hydrogens (tertiary/aromatic N) is 2. The summed E-state index contributed by atoms with van der Waals surface area (Å²) < 4.78 is 39.4. The van der Waals surface area contributed by atoms with Crippen LogP contribution in [0, 0.1) is 17.5 Å². The number of rotatable bonds is 2. The van der Waals surface area contributed by atoms with Gasteiger partial charge in [-0.15, -0.1) is 0 Å². The number of anilines is 2. The average molecular weight is 339 g/mol. The van der Waals surface area contributed by atoms with Crippen molar-refractivity contribution in [2.24, 2.45) is 0 Å². The quantitative estimate of drug-likeness (QED) is 0.663. The van der Waals surface area contributed by atoms with E-state index in [1.54, 1.807) is 0 Å². The minimum Gasteiger partial charge on any atom is -0.337 e. The highest BCUT2D eigenvalue weighted by Crippen LogP contribution is 2.30. The number of aromatic nitrogens is 2. The van der Waals surface area contributed by atoms with Gasteiger partial charge in [-0.3, -0.25) is 0 Å². The lowest BCUT2D eigenvalue weighted by atomic mass is 10.3. The van der Waals surface area contributed by atoms with Gasteiger partial charge in [-0.2, -0.15) is 0 Å². The first-order valence-corrected chi connectivity index (χ1v) is 5.73. The highest BCUT2D eigenvalue weighted by molar-refractivity contribution is 9.10. The first-order valence-electron chi connectivity index (χ1n) is 4.56. The minimum atomic E-state index is -1.27. The summed E-state index contributed by atoms with van der Waals surface area (Å²) in [7, 11) is 0. The lowest BCUT2D eigenvalue weighted by Gasteiger charge is -2.09. The Bertz CT molecular complexity index is 609. The second-order valence-electron chi connectivity index (χ2n) is 3.20. The van der Waals surface area contributed by atoms with Gasteiger partial charge < -0.3 is 5.32 Å².